The molecule has 9 aromatic carbocycles. The Kier molecular flexibility index (Phi) is 8.61. The number of hydrogen-bond acceptors (Lipinski definition) is 3. The molecule has 0 fully saturated rings. The molecule has 3 heteroatoms. The summed E-state index contributed by atoms with van der Waals surface area (Å²) in [5, 5.41) is 1.02. The molecular formula is C56H38N2S. The minimum absolute atomic E-state index is 0.524. The summed E-state index contributed by atoms with van der Waals surface area (Å²) >= 11 is 1.74. The Balaban J connectivity index is 1.19. The van der Waals surface area contributed by atoms with Gasteiger partial charge in [0.25, 0.3) is 0 Å². The van der Waals surface area contributed by atoms with Gasteiger partial charge in [-0.15, -0.1) is 11.3 Å². The summed E-state index contributed by atoms with van der Waals surface area (Å²) in [7, 11) is 0. The van der Waals surface area contributed by atoms with Crippen LogP contribution in [-0.4, -0.2) is 4.98 Å². The Morgan fingerprint density at radius 2 is 0.847 bits per heavy atom. The van der Waals surface area contributed by atoms with Crippen molar-refractivity contribution in [2.24, 2.45) is 0 Å². The molecule has 0 saturated carbocycles. The number of nitrogens with zero attached hydrogens (tertiary/aromatic N) is 2. The molecule has 2 nitrogen and oxygen atoms in total. The number of thiazole rings is 1. The summed E-state index contributed by atoms with van der Waals surface area (Å²) in [6, 6.07) is 83.9. The largest absolute Gasteiger partial charge is 0.310 e. The summed E-state index contributed by atoms with van der Waals surface area (Å²) in [6.45, 7) is 0. The number of rotatable bonds is 8. The van der Waals surface area contributed by atoms with Gasteiger partial charge in [-0.3, -0.25) is 0 Å². The van der Waals surface area contributed by atoms with Crippen LogP contribution in [0.5, 0.6) is 0 Å². The Hall–Kier alpha value is -7.33. The van der Waals surface area contributed by atoms with Crippen LogP contribution in [0.2, 0.25) is 0 Å². The van der Waals surface area contributed by atoms with E-state index in [4.69, 9.17) is 4.98 Å². The van der Waals surface area contributed by atoms with Crippen LogP contribution in [0, 0.1) is 0 Å². The molecule has 0 atom stereocenters. The number of benzene rings is 9. The molecule has 1 aliphatic rings. The lowest BCUT2D eigenvalue weighted by Gasteiger charge is -2.35. The van der Waals surface area contributed by atoms with Crippen molar-refractivity contribution in [2.45, 2.75) is 5.41 Å². The van der Waals surface area contributed by atoms with Crippen LogP contribution in [-0.2, 0) is 5.41 Å². The quantitative estimate of drug-likeness (QED) is 0.153. The van der Waals surface area contributed by atoms with Crippen molar-refractivity contribution in [3.05, 3.63) is 253 Å². The first-order valence-electron chi connectivity index (χ1n) is 20.1. The van der Waals surface area contributed by atoms with E-state index in [0.717, 1.165) is 49.0 Å². The van der Waals surface area contributed by atoms with Crippen LogP contribution in [0.25, 0.3) is 54.2 Å². The van der Waals surface area contributed by atoms with Gasteiger partial charge in [0.1, 0.15) is 5.01 Å². The van der Waals surface area contributed by atoms with Crippen LogP contribution in [0.1, 0.15) is 22.3 Å². The van der Waals surface area contributed by atoms with Crippen molar-refractivity contribution in [1.82, 2.24) is 4.98 Å². The summed E-state index contributed by atoms with van der Waals surface area (Å²) in [5.74, 6) is 0. The number of hydrogen-bond donors (Lipinski definition) is 0. The molecule has 10 aromatic rings. The first-order valence-corrected chi connectivity index (χ1v) is 20.9. The van der Waals surface area contributed by atoms with Crippen molar-refractivity contribution in [1.29, 1.82) is 0 Å². The van der Waals surface area contributed by atoms with E-state index < -0.39 is 5.41 Å². The second kappa shape index (κ2) is 14.6. The highest BCUT2D eigenvalue weighted by Crippen LogP contribution is 2.57. The van der Waals surface area contributed by atoms with Crippen LogP contribution in [0.3, 0.4) is 0 Å². The standard InChI is InChI=1S/C56H38N2S/c1-6-18-39(19-7-1)42-34-43(40-20-8-2-9-21-40)36-48(35-42)58(47-31-33-53-54(38-47)59-55(57-53)41-22-10-3-11-23-41)46-30-32-50-49-28-16-17-29-51(49)56(52(50)37-46,44-24-12-4-13-25-44)45-26-14-5-15-27-45/h1-38H. The summed E-state index contributed by atoms with van der Waals surface area (Å²) in [6.07, 6.45) is 0. The zero-order valence-electron chi connectivity index (χ0n) is 32.2. The molecule has 11 rings (SSSR count). The number of fused-ring (bicyclic) bond motifs is 4. The molecule has 0 amide bonds. The minimum Gasteiger partial charge on any atom is -0.310 e. The molecule has 0 bridgehead atoms. The van der Waals surface area contributed by atoms with Crippen LogP contribution >= 0.6 is 11.3 Å². The molecule has 0 aliphatic heterocycles. The van der Waals surface area contributed by atoms with Crippen LogP contribution in [0.15, 0.2) is 231 Å². The first kappa shape index (κ1) is 34.9. The van der Waals surface area contributed by atoms with Gasteiger partial charge in [-0.05, 0) is 104 Å². The van der Waals surface area contributed by atoms with Crippen molar-refractivity contribution in [3.63, 3.8) is 0 Å². The van der Waals surface area contributed by atoms with E-state index >= 15 is 0 Å². The van der Waals surface area contributed by atoms with Gasteiger partial charge in [-0.25, -0.2) is 4.98 Å². The fraction of sp³-hybridized carbons (Fsp3) is 0.0179. The zero-order valence-corrected chi connectivity index (χ0v) is 33.1. The van der Waals surface area contributed by atoms with Gasteiger partial charge in [-0.1, -0.05) is 182 Å². The monoisotopic (exact) mass is 770 g/mol. The molecule has 1 aliphatic carbocycles. The second-order valence-electron chi connectivity index (χ2n) is 15.1. The van der Waals surface area contributed by atoms with E-state index in [1.54, 1.807) is 11.3 Å². The van der Waals surface area contributed by atoms with E-state index in [1.165, 1.54) is 44.5 Å². The maximum Gasteiger partial charge on any atom is 0.124 e. The van der Waals surface area contributed by atoms with Gasteiger partial charge in [0, 0.05) is 22.6 Å². The zero-order chi connectivity index (χ0) is 39.2. The molecule has 0 saturated heterocycles. The van der Waals surface area contributed by atoms with Gasteiger partial charge in [0.15, 0.2) is 0 Å². The molecular weight excluding hydrogens is 733 g/mol. The van der Waals surface area contributed by atoms with Crippen LogP contribution in [0.4, 0.5) is 17.1 Å². The molecule has 1 heterocycles. The maximum atomic E-state index is 5.09. The highest BCUT2D eigenvalue weighted by Gasteiger charge is 2.46. The van der Waals surface area contributed by atoms with E-state index in [1.807, 2.05) is 0 Å². The van der Waals surface area contributed by atoms with Gasteiger partial charge in [0.2, 0.25) is 0 Å². The van der Waals surface area contributed by atoms with E-state index in [9.17, 15) is 0 Å². The molecule has 1 aromatic heterocycles. The fourth-order valence-electron chi connectivity index (χ4n) is 9.11. The van der Waals surface area contributed by atoms with Gasteiger partial charge < -0.3 is 4.90 Å². The lowest BCUT2D eigenvalue weighted by Crippen LogP contribution is -2.28. The van der Waals surface area contributed by atoms with Crippen molar-refractivity contribution >= 4 is 38.6 Å². The van der Waals surface area contributed by atoms with E-state index in [-0.39, 0.29) is 0 Å². The SMILES string of the molecule is c1ccc(-c2cc(-c3ccccc3)cc(N(c3ccc4c(c3)C(c3ccccc3)(c3ccccc3)c3ccccc3-4)c3ccc4nc(-c5ccccc5)sc4c3)c2)cc1. The Labute approximate surface area is 349 Å². The van der Waals surface area contributed by atoms with E-state index in [2.05, 4.69) is 235 Å². The van der Waals surface area contributed by atoms with Crippen molar-refractivity contribution in [3.8, 4) is 44.0 Å². The molecule has 0 spiro atoms. The Bertz CT molecular complexity index is 2990. The molecule has 278 valence electrons. The minimum atomic E-state index is -0.524. The van der Waals surface area contributed by atoms with Crippen molar-refractivity contribution < 1.29 is 0 Å². The number of aromatic nitrogens is 1. The fourth-order valence-corrected chi connectivity index (χ4v) is 10.1. The topological polar surface area (TPSA) is 16.1 Å². The molecule has 0 unspecified atom stereocenters. The smallest absolute Gasteiger partial charge is 0.124 e. The highest BCUT2D eigenvalue weighted by molar-refractivity contribution is 7.21. The van der Waals surface area contributed by atoms with Crippen molar-refractivity contribution in [2.75, 3.05) is 4.90 Å². The lowest BCUT2D eigenvalue weighted by molar-refractivity contribution is 0.768. The van der Waals surface area contributed by atoms with Gasteiger partial charge in [0.05, 0.1) is 15.6 Å². The molecule has 0 radical (unpaired) electrons. The van der Waals surface area contributed by atoms with Gasteiger partial charge in [-0.2, -0.15) is 0 Å². The molecule has 59 heavy (non-hydrogen) atoms. The average Bonchev–Trinajstić information content (AvgIpc) is 3.88. The Morgan fingerprint density at radius 3 is 1.46 bits per heavy atom. The third-order valence-corrected chi connectivity index (χ3v) is 12.8. The van der Waals surface area contributed by atoms with Gasteiger partial charge >= 0.3 is 0 Å². The summed E-state index contributed by atoms with van der Waals surface area (Å²) in [4.78, 5) is 7.54. The highest BCUT2D eigenvalue weighted by atomic mass is 32.1. The summed E-state index contributed by atoms with van der Waals surface area (Å²) in [5.41, 5.74) is 17.1. The third kappa shape index (κ3) is 5.98. The number of anilines is 3. The average molecular weight is 771 g/mol. The maximum absolute atomic E-state index is 5.09. The summed E-state index contributed by atoms with van der Waals surface area (Å²) < 4.78 is 1.14. The Morgan fingerprint density at radius 1 is 0.356 bits per heavy atom. The predicted molar refractivity (Wildman–Crippen MR) is 248 cm³/mol. The third-order valence-electron chi connectivity index (χ3n) is 11.7. The molecule has 0 N–H and O–H groups in total. The first-order chi connectivity index (χ1) is 29.2. The normalized spacial score (nSPS) is 12.5. The predicted octanol–water partition coefficient (Wildman–Crippen LogP) is 15.1. The van der Waals surface area contributed by atoms with Crippen LogP contribution < -0.4 is 4.90 Å². The lowest BCUT2D eigenvalue weighted by atomic mass is 9.67. The second-order valence-corrected chi connectivity index (χ2v) is 16.2. The van der Waals surface area contributed by atoms with E-state index in [0.29, 0.717) is 0 Å².